The molecule has 0 saturated heterocycles. The molecule has 1 aromatic carbocycles. The summed E-state index contributed by atoms with van der Waals surface area (Å²) < 4.78 is 5.60. The first-order valence-electron chi connectivity index (χ1n) is 4.96. The fourth-order valence-electron chi connectivity index (χ4n) is 1.80. The van der Waals surface area contributed by atoms with Crippen molar-refractivity contribution < 1.29 is 4.74 Å². The van der Waals surface area contributed by atoms with Crippen LogP contribution in [0, 0.1) is 0 Å². The summed E-state index contributed by atoms with van der Waals surface area (Å²) in [5, 5.41) is 0. The van der Waals surface area contributed by atoms with E-state index in [1.165, 1.54) is 5.56 Å². The number of rotatable bonds is 3. The van der Waals surface area contributed by atoms with E-state index in [0.717, 1.165) is 36.3 Å². The summed E-state index contributed by atoms with van der Waals surface area (Å²) in [4.78, 5) is 0. The second kappa shape index (κ2) is 3.84. The average molecular weight is 189 g/mol. The fourth-order valence-corrected chi connectivity index (χ4v) is 1.80. The Morgan fingerprint density at radius 2 is 2.36 bits per heavy atom. The summed E-state index contributed by atoms with van der Waals surface area (Å²) >= 11 is 0. The van der Waals surface area contributed by atoms with E-state index in [4.69, 9.17) is 10.5 Å². The van der Waals surface area contributed by atoms with Crippen LogP contribution in [0.15, 0.2) is 24.8 Å². The third kappa shape index (κ3) is 1.53. The topological polar surface area (TPSA) is 35.2 Å². The van der Waals surface area contributed by atoms with Gasteiger partial charge >= 0.3 is 0 Å². The van der Waals surface area contributed by atoms with Gasteiger partial charge in [0.05, 0.1) is 6.61 Å². The Balaban J connectivity index is 2.34. The van der Waals surface area contributed by atoms with Crippen LogP contribution in [0.4, 0.5) is 0 Å². The lowest BCUT2D eigenvalue weighted by Gasteiger charge is -2.09. The van der Waals surface area contributed by atoms with E-state index in [2.05, 4.69) is 24.8 Å². The predicted molar refractivity (Wildman–Crippen MR) is 58.3 cm³/mol. The van der Waals surface area contributed by atoms with Crippen LogP contribution in [0.3, 0.4) is 0 Å². The standard InChI is InChI=1S/C12H15NO/c1-9(5-7-13)11-4-2-3-10-6-8-14-12(10)11/h2-4H,1,5-8,13H2. The number of fused-ring (bicyclic) bond motifs is 1. The third-order valence-corrected chi connectivity index (χ3v) is 2.54. The van der Waals surface area contributed by atoms with Crippen LogP contribution in [0.25, 0.3) is 5.57 Å². The zero-order valence-electron chi connectivity index (χ0n) is 8.25. The highest BCUT2D eigenvalue weighted by molar-refractivity contribution is 5.70. The van der Waals surface area contributed by atoms with Crippen LogP contribution in [-0.2, 0) is 6.42 Å². The number of hydrogen-bond acceptors (Lipinski definition) is 2. The van der Waals surface area contributed by atoms with Gasteiger partial charge in [-0.25, -0.2) is 0 Å². The molecule has 0 bridgehead atoms. The van der Waals surface area contributed by atoms with Gasteiger partial charge in [0.2, 0.25) is 0 Å². The van der Waals surface area contributed by atoms with Crippen molar-refractivity contribution in [3.05, 3.63) is 35.9 Å². The monoisotopic (exact) mass is 189 g/mol. The van der Waals surface area contributed by atoms with Gasteiger partial charge in [0, 0.05) is 12.0 Å². The molecule has 1 aliphatic rings. The molecule has 0 aromatic heterocycles. The van der Waals surface area contributed by atoms with Crippen LogP contribution >= 0.6 is 0 Å². The largest absolute Gasteiger partial charge is 0.492 e. The molecule has 2 heteroatoms. The van der Waals surface area contributed by atoms with E-state index >= 15 is 0 Å². The zero-order valence-corrected chi connectivity index (χ0v) is 8.25. The van der Waals surface area contributed by atoms with E-state index in [-0.39, 0.29) is 0 Å². The van der Waals surface area contributed by atoms with Crippen molar-refractivity contribution in [3.63, 3.8) is 0 Å². The van der Waals surface area contributed by atoms with E-state index in [9.17, 15) is 0 Å². The smallest absolute Gasteiger partial charge is 0.130 e. The van der Waals surface area contributed by atoms with Gasteiger partial charge in [-0.05, 0) is 24.1 Å². The lowest BCUT2D eigenvalue weighted by molar-refractivity contribution is 0.356. The van der Waals surface area contributed by atoms with Crippen molar-refractivity contribution >= 4 is 5.57 Å². The Bertz CT molecular complexity index is 357. The summed E-state index contributed by atoms with van der Waals surface area (Å²) in [5.41, 5.74) is 9.01. The molecule has 1 aliphatic heterocycles. The zero-order chi connectivity index (χ0) is 9.97. The predicted octanol–water partition coefficient (Wildman–Crippen LogP) is 1.98. The Hall–Kier alpha value is -1.28. The van der Waals surface area contributed by atoms with Crippen LogP contribution in [0.1, 0.15) is 17.5 Å². The van der Waals surface area contributed by atoms with E-state index in [1.54, 1.807) is 0 Å². The highest BCUT2D eigenvalue weighted by Gasteiger charge is 2.16. The maximum Gasteiger partial charge on any atom is 0.130 e. The minimum absolute atomic E-state index is 0.641. The molecule has 0 amide bonds. The lowest BCUT2D eigenvalue weighted by Crippen LogP contribution is -2.00. The molecule has 0 unspecified atom stereocenters. The van der Waals surface area contributed by atoms with Gasteiger partial charge in [-0.2, -0.15) is 0 Å². The third-order valence-electron chi connectivity index (χ3n) is 2.54. The number of benzene rings is 1. The molecule has 0 saturated carbocycles. The maximum absolute atomic E-state index is 5.60. The highest BCUT2D eigenvalue weighted by Crippen LogP contribution is 2.34. The summed E-state index contributed by atoms with van der Waals surface area (Å²) in [6, 6.07) is 6.23. The van der Waals surface area contributed by atoms with Crippen LogP contribution < -0.4 is 10.5 Å². The van der Waals surface area contributed by atoms with Gasteiger partial charge in [-0.1, -0.05) is 24.8 Å². The molecule has 0 spiro atoms. The number of hydrogen-bond donors (Lipinski definition) is 1. The van der Waals surface area contributed by atoms with Crippen molar-refractivity contribution in [1.29, 1.82) is 0 Å². The van der Waals surface area contributed by atoms with Gasteiger partial charge in [-0.15, -0.1) is 0 Å². The molecular formula is C12H15NO. The van der Waals surface area contributed by atoms with E-state index in [1.807, 2.05) is 0 Å². The van der Waals surface area contributed by atoms with Crippen LogP contribution in [0.5, 0.6) is 5.75 Å². The number of nitrogens with two attached hydrogens (primary N) is 1. The molecule has 0 atom stereocenters. The van der Waals surface area contributed by atoms with Crippen LogP contribution in [0.2, 0.25) is 0 Å². The molecule has 0 radical (unpaired) electrons. The van der Waals surface area contributed by atoms with Crippen molar-refractivity contribution in [2.45, 2.75) is 12.8 Å². The molecule has 2 N–H and O–H groups in total. The minimum Gasteiger partial charge on any atom is -0.492 e. The first-order valence-corrected chi connectivity index (χ1v) is 4.96. The minimum atomic E-state index is 0.641. The second-order valence-corrected chi connectivity index (χ2v) is 3.53. The molecule has 2 nitrogen and oxygen atoms in total. The molecule has 1 heterocycles. The van der Waals surface area contributed by atoms with Crippen molar-refractivity contribution in [1.82, 2.24) is 0 Å². The number of para-hydroxylation sites is 1. The molecular weight excluding hydrogens is 174 g/mol. The van der Waals surface area contributed by atoms with Gasteiger partial charge < -0.3 is 10.5 Å². The Labute approximate surface area is 84.4 Å². The molecule has 0 aliphatic carbocycles. The Kier molecular flexibility index (Phi) is 2.55. The lowest BCUT2D eigenvalue weighted by atomic mass is 10.0. The SMILES string of the molecule is C=C(CCN)c1cccc2c1OCC2. The van der Waals surface area contributed by atoms with Gasteiger partial charge in [-0.3, -0.25) is 0 Å². The van der Waals surface area contributed by atoms with E-state index in [0.29, 0.717) is 6.54 Å². The van der Waals surface area contributed by atoms with Gasteiger partial charge in [0.25, 0.3) is 0 Å². The Morgan fingerprint density at radius 3 is 3.14 bits per heavy atom. The molecule has 1 aromatic rings. The van der Waals surface area contributed by atoms with Gasteiger partial charge in [0.15, 0.2) is 0 Å². The summed E-state index contributed by atoms with van der Waals surface area (Å²) in [5.74, 6) is 1.02. The molecule has 14 heavy (non-hydrogen) atoms. The van der Waals surface area contributed by atoms with Crippen molar-refractivity contribution in [3.8, 4) is 5.75 Å². The fraction of sp³-hybridized carbons (Fsp3) is 0.333. The first-order chi connectivity index (χ1) is 6.83. The second-order valence-electron chi connectivity index (χ2n) is 3.53. The summed E-state index contributed by atoms with van der Waals surface area (Å²) in [6.45, 7) is 5.47. The van der Waals surface area contributed by atoms with Crippen LogP contribution in [-0.4, -0.2) is 13.2 Å². The first kappa shape index (κ1) is 9.28. The van der Waals surface area contributed by atoms with Gasteiger partial charge in [0.1, 0.15) is 5.75 Å². The molecule has 2 rings (SSSR count). The van der Waals surface area contributed by atoms with E-state index < -0.39 is 0 Å². The Morgan fingerprint density at radius 1 is 1.50 bits per heavy atom. The quantitative estimate of drug-likeness (QED) is 0.789. The number of ether oxygens (including phenoxy) is 1. The maximum atomic E-state index is 5.60. The van der Waals surface area contributed by atoms with Crippen molar-refractivity contribution in [2.75, 3.05) is 13.2 Å². The van der Waals surface area contributed by atoms with Crippen molar-refractivity contribution in [2.24, 2.45) is 5.73 Å². The summed E-state index contributed by atoms with van der Waals surface area (Å²) in [6.07, 6.45) is 1.85. The normalized spacial score (nSPS) is 13.5. The average Bonchev–Trinajstić information content (AvgIpc) is 2.65. The molecule has 74 valence electrons. The molecule has 0 fully saturated rings. The highest BCUT2D eigenvalue weighted by atomic mass is 16.5. The summed E-state index contributed by atoms with van der Waals surface area (Å²) in [7, 11) is 0.